The molecule has 36 heavy (non-hydrogen) atoms. The largest absolute Gasteiger partial charge is 0.490 e. The van der Waals surface area contributed by atoms with Crippen LogP contribution in [0, 0.1) is 0 Å². The van der Waals surface area contributed by atoms with Gasteiger partial charge in [0.2, 0.25) is 0 Å². The number of amides is 1. The van der Waals surface area contributed by atoms with Crippen molar-refractivity contribution in [3.8, 4) is 5.75 Å². The Balaban J connectivity index is 1.37. The number of piperazine rings is 1. The van der Waals surface area contributed by atoms with Gasteiger partial charge in [-0.3, -0.25) is 15.0 Å². The first kappa shape index (κ1) is 25.8. The Morgan fingerprint density at radius 3 is 2.06 bits per heavy atom. The smallest absolute Gasteiger partial charge is 0.261 e. The first-order chi connectivity index (χ1) is 17.7. The number of hydrogen-bond acceptors (Lipinski definition) is 5. The van der Waals surface area contributed by atoms with Crippen molar-refractivity contribution in [1.82, 2.24) is 15.1 Å². The molecule has 1 aliphatic rings. The minimum Gasteiger partial charge on any atom is -0.490 e. The van der Waals surface area contributed by atoms with E-state index in [0.29, 0.717) is 36.2 Å². The highest BCUT2D eigenvalue weighted by Gasteiger charge is 2.28. The van der Waals surface area contributed by atoms with Crippen LogP contribution in [0.3, 0.4) is 0 Å². The number of benzene rings is 3. The molecule has 1 aliphatic heterocycles. The predicted octanol–water partition coefficient (Wildman–Crippen LogP) is 4.52. The van der Waals surface area contributed by atoms with E-state index in [1.807, 2.05) is 31.2 Å². The second-order valence-electron chi connectivity index (χ2n) is 8.55. The zero-order valence-corrected chi connectivity index (χ0v) is 21.5. The zero-order chi connectivity index (χ0) is 25.2. The topological polar surface area (TPSA) is 54.0 Å². The van der Waals surface area contributed by atoms with Crippen LogP contribution < -0.4 is 10.1 Å². The van der Waals surface area contributed by atoms with Gasteiger partial charge in [0.05, 0.1) is 18.2 Å². The molecule has 0 aliphatic carbocycles. The van der Waals surface area contributed by atoms with E-state index in [9.17, 15) is 4.79 Å². The van der Waals surface area contributed by atoms with Crippen LogP contribution in [0.5, 0.6) is 5.75 Å². The summed E-state index contributed by atoms with van der Waals surface area (Å²) in [5.74, 6) is 0.261. The van der Waals surface area contributed by atoms with Gasteiger partial charge in [-0.2, -0.15) is 0 Å². The van der Waals surface area contributed by atoms with Gasteiger partial charge in [-0.15, -0.1) is 0 Å². The van der Waals surface area contributed by atoms with E-state index >= 15 is 0 Å². The van der Waals surface area contributed by atoms with Gasteiger partial charge in [0.25, 0.3) is 5.91 Å². The van der Waals surface area contributed by atoms with E-state index in [1.54, 1.807) is 12.1 Å². The number of carbonyl (C=O) groups excluding carboxylic acids is 1. The second kappa shape index (κ2) is 13.2. The molecule has 0 radical (unpaired) electrons. The van der Waals surface area contributed by atoms with Crippen LogP contribution in [0.1, 0.15) is 34.5 Å². The van der Waals surface area contributed by atoms with E-state index < -0.39 is 0 Å². The van der Waals surface area contributed by atoms with Crippen LogP contribution in [0.25, 0.3) is 0 Å². The van der Waals surface area contributed by atoms with Crippen molar-refractivity contribution in [1.29, 1.82) is 0 Å². The third-order valence-electron chi connectivity index (χ3n) is 6.24. The summed E-state index contributed by atoms with van der Waals surface area (Å²) in [6, 6.07) is 28.6. The minimum absolute atomic E-state index is 0.179. The first-order valence-electron chi connectivity index (χ1n) is 12.4. The van der Waals surface area contributed by atoms with Crippen molar-refractivity contribution >= 4 is 23.2 Å². The SMILES string of the molecule is CCOCCOc1ccccc1C(=O)NC(=S)N1CCN(C(c2ccccc2)c2ccccc2)CC1. The van der Waals surface area contributed by atoms with Crippen molar-refractivity contribution in [3.05, 3.63) is 102 Å². The van der Waals surface area contributed by atoms with Crippen molar-refractivity contribution < 1.29 is 14.3 Å². The molecule has 0 aromatic heterocycles. The van der Waals surface area contributed by atoms with Gasteiger partial charge >= 0.3 is 0 Å². The standard InChI is InChI=1S/C29H33N3O3S/c1-2-34-21-22-35-26-16-10-9-15-25(26)28(33)30-29(36)32-19-17-31(18-20-32)27(23-11-5-3-6-12-23)24-13-7-4-8-14-24/h3-16,27H,2,17-22H2,1H3,(H,30,33,36). The molecule has 1 fully saturated rings. The van der Waals surface area contributed by atoms with Gasteiger partial charge in [-0.1, -0.05) is 72.8 Å². The second-order valence-corrected chi connectivity index (χ2v) is 8.93. The third kappa shape index (κ3) is 6.69. The van der Waals surface area contributed by atoms with Crippen molar-refractivity contribution in [2.75, 3.05) is 46.0 Å². The fourth-order valence-corrected chi connectivity index (χ4v) is 4.72. The van der Waals surface area contributed by atoms with E-state index in [-0.39, 0.29) is 11.9 Å². The molecule has 1 amide bonds. The quantitative estimate of drug-likeness (QED) is 0.342. The Hall–Kier alpha value is -3.26. The maximum absolute atomic E-state index is 13.0. The Labute approximate surface area is 218 Å². The van der Waals surface area contributed by atoms with Crippen molar-refractivity contribution in [3.63, 3.8) is 0 Å². The van der Waals surface area contributed by atoms with Crippen LogP contribution in [0.15, 0.2) is 84.9 Å². The third-order valence-corrected chi connectivity index (χ3v) is 6.60. The molecule has 3 aromatic rings. The minimum atomic E-state index is -0.263. The molecule has 0 spiro atoms. The lowest BCUT2D eigenvalue weighted by Gasteiger charge is -2.40. The molecule has 7 heteroatoms. The average Bonchev–Trinajstić information content (AvgIpc) is 2.93. The number of carbonyl (C=O) groups is 1. The van der Waals surface area contributed by atoms with E-state index in [1.165, 1.54) is 11.1 Å². The number of thiocarbonyl (C=S) groups is 1. The summed E-state index contributed by atoms with van der Waals surface area (Å²) in [4.78, 5) is 17.5. The number of ether oxygens (including phenoxy) is 2. The van der Waals surface area contributed by atoms with E-state index in [0.717, 1.165) is 26.2 Å². The first-order valence-corrected chi connectivity index (χ1v) is 12.8. The van der Waals surface area contributed by atoms with Crippen LogP contribution >= 0.6 is 12.2 Å². The summed E-state index contributed by atoms with van der Waals surface area (Å²) in [6.45, 7) is 6.57. The normalized spacial score (nSPS) is 14.0. The average molecular weight is 504 g/mol. The molecule has 0 bridgehead atoms. The Bertz CT molecular complexity index is 1080. The number of hydrogen-bond donors (Lipinski definition) is 1. The van der Waals surface area contributed by atoms with Crippen LogP contribution in [0.2, 0.25) is 0 Å². The van der Waals surface area contributed by atoms with Crippen LogP contribution in [0.4, 0.5) is 0 Å². The van der Waals surface area contributed by atoms with Crippen LogP contribution in [-0.4, -0.2) is 66.8 Å². The highest BCUT2D eigenvalue weighted by atomic mass is 32.1. The Morgan fingerprint density at radius 2 is 1.44 bits per heavy atom. The molecule has 6 nitrogen and oxygen atoms in total. The van der Waals surface area contributed by atoms with Crippen molar-refractivity contribution in [2.45, 2.75) is 13.0 Å². The maximum Gasteiger partial charge on any atom is 0.261 e. The molecule has 188 valence electrons. The fourth-order valence-electron chi connectivity index (χ4n) is 4.45. The summed E-state index contributed by atoms with van der Waals surface area (Å²) in [5, 5.41) is 3.35. The fraction of sp³-hybridized carbons (Fsp3) is 0.310. The van der Waals surface area contributed by atoms with E-state index in [4.69, 9.17) is 21.7 Å². The Kier molecular flexibility index (Phi) is 9.44. The summed E-state index contributed by atoms with van der Waals surface area (Å²) < 4.78 is 11.1. The van der Waals surface area contributed by atoms with Gasteiger partial charge in [0.1, 0.15) is 12.4 Å². The summed E-state index contributed by atoms with van der Waals surface area (Å²) in [5.41, 5.74) is 3.01. The van der Waals surface area contributed by atoms with Gasteiger partial charge < -0.3 is 14.4 Å². The Morgan fingerprint density at radius 1 is 0.861 bits per heavy atom. The zero-order valence-electron chi connectivity index (χ0n) is 20.6. The molecule has 1 N–H and O–H groups in total. The molecular weight excluding hydrogens is 470 g/mol. The number of para-hydroxylation sites is 1. The molecule has 0 atom stereocenters. The summed E-state index contributed by atoms with van der Waals surface area (Å²) in [6.07, 6.45) is 0. The highest BCUT2D eigenvalue weighted by Crippen LogP contribution is 2.29. The molecule has 0 unspecified atom stereocenters. The lowest BCUT2D eigenvalue weighted by Crippen LogP contribution is -2.53. The predicted molar refractivity (Wildman–Crippen MR) is 146 cm³/mol. The van der Waals surface area contributed by atoms with Gasteiger partial charge in [0.15, 0.2) is 5.11 Å². The van der Waals surface area contributed by atoms with Crippen LogP contribution in [-0.2, 0) is 4.74 Å². The number of rotatable bonds is 9. The lowest BCUT2D eigenvalue weighted by molar-refractivity contribution is 0.0949. The van der Waals surface area contributed by atoms with Crippen molar-refractivity contribution in [2.24, 2.45) is 0 Å². The summed E-state index contributed by atoms with van der Waals surface area (Å²) in [7, 11) is 0. The number of nitrogens with zero attached hydrogens (tertiary/aromatic N) is 2. The molecular formula is C29H33N3O3S. The monoisotopic (exact) mass is 503 g/mol. The number of nitrogens with one attached hydrogen (secondary N) is 1. The molecule has 3 aromatic carbocycles. The molecule has 0 saturated carbocycles. The molecule has 1 heterocycles. The maximum atomic E-state index is 13.0. The van der Waals surface area contributed by atoms with Gasteiger partial charge in [-0.25, -0.2) is 0 Å². The molecule has 1 saturated heterocycles. The van der Waals surface area contributed by atoms with E-state index in [2.05, 4.69) is 63.6 Å². The lowest BCUT2D eigenvalue weighted by atomic mass is 9.96. The van der Waals surface area contributed by atoms with Gasteiger partial charge in [0, 0.05) is 32.8 Å². The highest BCUT2D eigenvalue weighted by molar-refractivity contribution is 7.80. The van der Waals surface area contributed by atoms with Gasteiger partial charge in [-0.05, 0) is 42.4 Å². The molecule has 4 rings (SSSR count). The summed E-state index contributed by atoms with van der Waals surface area (Å²) >= 11 is 5.62.